The molecule has 1 heterocycles. The van der Waals surface area contributed by atoms with Crippen LogP contribution >= 0.6 is 11.3 Å². The van der Waals surface area contributed by atoms with Crippen LogP contribution in [0.1, 0.15) is 31.3 Å². The number of thiazole rings is 1. The van der Waals surface area contributed by atoms with Gasteiger partial charge in [-0.1, -0.05) is 17.9 Å². The average Bonchev–Trinajstić information content (AvgIpc) is 2.54. The zero-order chi connectivity index (χ0) is 14.8. The van der Waals surface area contributed by atoms with Crippen molar-refractivity contribution in [3.8, 4) is 0 Å². The van der Waals surface area contributed by atoms with Gasteiger partial charge in [0.2, 0.25) is 0 Å². The fourth-order valence-electron chi connectivity index (χ4n) is 1.22. The van der Waals surface area contributed by atoms with E-state index in [4.69, 9.17) is 9.84 Å². The topological polar surface area (TPSA) is 88.5 Å². The molecule has 7 heteroatoms. The molecule has 2 N–H and O–H groups in total. The first-order valence-electron chi connectivity index (χ1n) is 5.50. The van der Waals surface area contributed by atoms with Gasteiger partial charge in [0, 0.05) is 0 Å². The van der Waals surface area contributed by atoms with E-state index in [1.807, 2.05) is 0 Å². The van der Waals surface area contributed by atoms with Crippen molar-refractivity contribution in [3.05, 3.63) is 17.2 Å². The molecule has 0 saturated heterocycles. The summed E-state index contributed by atoms with van der Waals surface area (Å²) in [4.78, 5) is 26.9. The highest BCUT2D eigenvalue weighted by Gasteiger charge is 2.20. The van der Waals surface area contributed by atoms with Crippen molar-refractivity contribution in [2.24, 2.45) is 0 Å². The van der Waals surface area contributed by atoms with E-state index in [0.29, 0.717) is 10.6 Å². The van der Waals surface area contributed by atoms with Crippen molar-refractivity contribution < 1.29 is 19.4 Å². The van der Waals surface area contributed by atoms with Gasteiger partial charge in [0.05, 0.1) is 16.1 Å². The minimum Gasteiger partial charge on any atom is -0.478 e. The predicted octanol–water partition coefficient (Wildman–Crippen LogP) is 2.90. The largest absolute Gasteiger partial charge is 0.478 e. The van der Waals surface area contributed by atoms with Gasteiger partial charge in [0.25, 0.3) is 0 Å². The van der Waals surface area contributed by atoms with E-state index < -0.39 is 17.7 Å². The Morgan fingerprint density at radius 2 is 2.00 bits per heavy atom. The maximum absolute atomic E-state index is 11.5. The molecule has 0 aliphatic carbocycles. The molecule has 0 spiro atoms. The Morgan fingerprint density at radius 1 is 1.42 bits per heavy atom. The summed E-state index contributed by atoms with van der Waals surface area (Å²) in [7, 11) is 0. The number of hydrogen-bond acceptors (Lipinski definition) is 5. The average molecular weight is 284 g/mol. The lowest BCUT2D eigenvalue weighted by Gasteiger charge is -2.18. The van der Waals surface area contributed by atoms with Gasteiger partial charge in [-0.3, -0.25) is 5.32 Å². The summed E-state index contributed by atoms with van der Waals surface area (Å²) in [5, 5.41) is 11.6. The van der Waals surface area contributed by atoms with Gasteiger partial charge in [-0.15, -0.1) is 0 Å². The standard InChI is InChI=1S/C12H16N2O4S/c1-6(9(15)16)8-7(2)13-10(19-8)14-11(17)18-12(3,4)5/h1H2,2-5H3,(H,15,16)(H,13,14,17). The second-order valence-electron chi connectivity index (χ2n) is 4.84. The number of hydrogen-bond donors (Lipinski definition) is 2. The summed E-state index contributed by atoms with van der Waals surface area (Å²) in [6.45, 7) is 10.4. The lowest BCUT2D eigenvalue weighted by atomic mass is 10.2. The van der Waals surface area contributed by atoms with Gasteiger partial charge < -0.3 is 9.84 Å². The van der Waals surface area contributed by atoms with Crippen LogP contribution in [0.25, 0.3) is 5.57 Å². The molecule has 1 aromatic rings. The highest BCUT2D eigenvalue weighted by molar-refractivity contribution is 7.17. The number of ether oxygens (including phenoxy) is 1. The highest BCUT2D eigenvalue weighted by Crippen LogP contribution is 2.28. The molecule has 104 valence electrons. The van der Waals surface area contributed by atoms with Crippen molar-refractivity contribution in [2.45, 2.75) is 33.3 Å². The van der Waals surface area contributed by atoms with E-state index in [0.717, 1.165) is 11.3 Å². The van der Waals surface area contributed by atoms with Crippen LogP contribution < -0.4 is 5.32 Å². The molecule has 0 aliphatic rings. The Labute approximate surface area is 115 Å². The van der Waals surface area contributed by atoms with Gasteiger partial charge in [-0.2, -0.15) is 0 Å². The van der Waals surface area contributed by atoms with Gasteiger partial charge in [-0.25, -0.2) is 14.6 Å². The lowest BCUT2D eigenvalue weighted by molar-refractivity contribution is -0.130. The molecule has 0 aromatic carbocycles. The molecule has 1 rings (SSSR count). The maximum Gasteiger partial charge on any atom is 0.413 e. The minimum atomic E-state index is -1.12. The van der Waals surface area contributed by atoms with E-state index in [1.165, 1.54) is 0 Å². The van der Waals surface area contributed by atoms with Crippen LogP contribution in [0.4, 0.5) is 9.93 Å². The molecule has 0 saturated carbocycles. The molecule has 0 unspecified atom stereocenters. The third kappa shape index (κ3) is 4.36. The summed E-state index contributed by atoms with van der Waals surface area (Å²) in [6.07, 6.45) is -0.631. The number of aryl methyl sites for hydroxylation is 1. The first kappa shape index (κ1) is 15.2. The third-order valence-corrected chi connectivity index (χ3v) is 3.07. The molecule has 0 aliphatic heterocycles. The van der Waals surface area contributed by atoms with Gasteiger partial charge in [-0.05, 0) is 27.7 Å². The predicted molar refractivity (Wildman–Crippen MR) is 73.4 cm³/mol. The van der Waals surface area contributed by atoms with Crippen molar-refractivity contribution in [1.82, 2.24) is 4.98 Å². The SMILES string of the molecule is C=C(C(=O)O)c1sc(NC(=O)OC(C)(C)C)nc1C. The monoisotopic (exact) mass is 284 g/mol. The molecule has 19 heavy (non-hydrogen) atoms. The number of nitrogens with zero attached hydrogens (tertiary/aromatic N) is 1. The van der Waals surface area contributed by atoms with Gasteiger partial charge in [0.1, 0.15) is 5.60 Å². The second kappa shape index (κ2) is 5.40. The number of carbonyl (C=O) groups excluding carboxylic acids is 1. The Bertz CT molecular complexity index is 528. The van der Waals surface area contributed by atoms with Crippen LogP contribution in [-0.2, 0) is 9.53 Å². The van der Waals surface area contributed by atoms with E-state index in [-0.39, 0.29) is 10.7 Å². The van der Waals surface area contributed by atoms with Crippen molar-refractivity contribution in [2.75, 3.05) is 5.32 Å². The Balaban J connectivity index is 2.82. The van der Waals surface area contributed by atoms with E-state index in [9.17, 15) is 9.59 Å². The summed E-state index contributed by atoms with van der Waals surface area (Å²) in [6, 6.07) is 0. The Morgan fingerprint density at radius 3 is 2.47 bits per heavy atom. The van der Waals surface area contributed by atoms with Gasteiger partial charge in [0.15, 0.2) is 5.13 Å². The van der Waals surface area contributed by atoms with Crippen LogP contribution in [0.15, 0.2) is 6.58 Å². The number of carboxylic acids is 1. The number of aromatic nitrogens is 1. The molecule has 1 aromatic heterocycles. The summed E-state index contributed by atoms with van der Waals surface area (Å²) in [5.41, 5.74) is -0.153. The number of carbonyl (C=O) groups is 2. The highest BCUT2D eigenvalue weighted by atomic mass is 32.1. The van der Waals surface area contributed by atoms with Crippen molar-refractivity contribution in [3.63, 3.8) is 0 Å². The smallest absolute Gasteiger partial charge is 0.413 e. The lowest BCUT2D eigenvalue weighted by Crippen LogP contribution is -2.27. The second-order valence-corrected chi connectivity index (χ2v) is 5.84. The summed E-state index contributed by atoms with van der Waals surface area (Å²) >= 11 is 1.05. The molecular formula is C12H16N2O4S. The first-order valence-corrected chi connectivity index (χ1v) is 6.32. The van der Waals surface area contributed by atoms with Crippen LogP contribution in [0.2, 0.25) is 0 Å². The van der Waals surface area contributed by atoms with E-state index in [1.54, 1.807) is 27.7 Å². The van der Waals surface area contributed by atoms with Crippen molar-refractivity contribution >= 4 is 34.1 Å². The Hall–Kier alpha value is -1.89. The molecule has 0 radical (unpaired) electrons. The summed E-state index contributed by atoms with van der Waals surface area (Å²) in [5.74, 6) is -1.12. The van der Waals surface area contributed by atoms with E-state index >= 15 is 0 Å². The van der Waals surface area contributed by atoms with Crippen molar-refractivity contribution in [1.29, 1.82) is 0 Å². The quantitative estimate of drug-likeness (QED) is 0.833. The Kier molecular flexibility index (Phi) is 4.31. The zero-order valence-electron chi connectivity index (χ0n) is 11.2. The van der Waals surface area contributed by atoms with Crippen LogP contribution in [-0.4, -0.2) is 27.8 Å². The van der Waals surface area contributed by atoms with Crippen LogP contribution in [0, 0.1) is 6.92 Å². The number of nitrogens with one attached hydrogen (secondary N) is 1. The number of anilines is 1. The number of rotatable bonds is 3. The molecule has 6 nitrogen and oxygen atoms in total. The first-order chi connectivity index (χ1) is 8.60. The van der Waals surface area contributed by atoms with Gasteiger partial charge >= 0.3 is 12.1 Å². The molecule has 0 bridgehead atoms. The maximum atomic E-state index is 11.5. The zero-order valence-corrected chi connectivity index (χ0v) is 12.1. The molecule has 1 amide bonds. The van der Waals surface area contributed by atoms with E-state index in [2.05, 4.69) is 16.9 Å². The number of carboxylic acid groups (broad SMARTS) is 1. The number of aliphatic carboxylic acids is 1. The fourth-order valence-corrected chi connectivity index (χ4v) is 2.13. The minimum absolute atomic E-state index is 0.0489. The third-order valence-electron chi connectivity index (χ3n) is 1.94. The summed E-state index contributed by atoms with van der Waals surface area (Å²) < 4.78 is 5.08. The number of amides is 1. The normalized spacial score (nSPS) is 10.9. The molecule has 0 fully saturated rings. The molecule has 0 atom stereocenters. The fraction of sp³-hybridized carbons (Fsp3) is 0.417. The van der Waals surface area contributed by atoms with Crippen LogP contribution in [0.5, 0.6) is 0 Å². The van der Waals surface area contributed by atoms with Crippen LogP contribution in [0.3, 0.4) is 0 Å². The molecular weight excluding hydrogens is 268 g/mol.